The molecule has 1 heterocycles. The monoisotopic (exact) mass is 370 g/mol. The van der Waals surface area contributed by atoms with Gasteiger partial charge in [0.05, 0.1) is 16.6 Å². The number of benzene rings is 1. The van der Waals surface area contributed by atoms with E-state index in [9.17, 15) is 20.0 Å². The predicted octanol–water partition coefficient (Wildman–Crippen LogP) is 2.64. The van der Waals surface area contributed by atoms with Crippen molar-refractivity contribution < 1.29 is 14.8 Å². The minimum atomic E-state index is -0.515. The van der Waals surface area contributed by atoms with Crippen molar-refractivity contribution in [3.63, 3.8) is 0 Å². The van der Waals surface area contributed by atoms with Crippen molar-refractivity contribution in [1.29, 1.82) is 0 Å². The molecule has 8 heteroatoms. The van der Waals surface area contributed by atoms with E-state index in [4.69, 9.17) is 0 Å². The number of nitrogens with zero attached hydrogens (tertiary/aromatic N) is 2. The average Bonchev–Trinajstić information content (AvgIpc) is 2.69. The molecular formula is C19H22N4O4. The lowest BCUT2D eigenvalue weighted by atomic mass is 9.92. The molecule has 0 spiro atoms. The number of hydrogen-bond donors (Lipinski definition) is 3. The number of nitrogens with one attached hydrogen (secondary N) is 2. The van der Waals surface area contributed by atoms with Gasteiger partial charge >= 0.3 is 0 Å². The minimum absolute atomic E-state index is 0.125. The van der Waals surface area contributed by atoms with Crippen molar-refractivity contribution in [3.05, 3.63) is 64.0 Å². The van der Waals surface area contributed by atoms with E-state index in [1.165, 1.54) is 12.1 Å². The number of aliphatic hydroxyl groups excluding tert-OH is 1. The number of pyridine rings is 1. The largest absolute Gasteiger partial charge is 0.393 e. The summed E-state index contributed by atoms with van der Waals surface area (Å²) in [4.78, 5) is 27.3. The second kappa shape index (κ2) is 8.59. The van der Waals surface area contributed by atoms with Crippen molar-refractivity contribution in [3.8, 4) is 0 Å². The number of nitro benzene ring substituents is 1. The van der Waals surface area contributed by atoms with E-state index in [-0.39, 0.29) is 35.8 Å². The molecule has 1 saturated carbocycles. The van der Waals surface area contributed by atoms with Gasteiger partial charge < -0.3 is 15.7 Å². The summed E-state index contributed by atoms with van der Waals surface area (Å²) in [6, 6.07) is 7.99. The number of carbonyl (C=O) groups excluding carboxylic acids is 1. The molecule has 142 valence electrons. The molecule has 0 bridgehead atoms. The average molecular weight is 370 g/mol. The zero-order chi connectivity index (χ0) is 19.2. The summed E-state index contributed by atoms with van der Waals surface area (Å²) < 4.78 is 0. The summed E-state index contributed by atoms with van der Waals surface area (Å²) in [7, 11) is 0. The smallest absolute Gasteiger partial charge is 0.270 e. The fourth-order valence-electron chi connectivity index (χ4n) is 3.18. The van der Waals surface area contributed by atoms with Crippen LogP contribution in [0.5, 0.6) is 0 Å². The first-order valence-electron chi connectivity index (χ1n) is 8.93. The molecule has 1 amide bonds. The summed E-state index contributed by atoms with van der Waals surface area (Å²) in [5, 5.41) is 26.8. The van der Waals surface area contributed by atoms with Crippen molar-refractivity contribution in [1.82, 2.24) is 10.3 Å². The second-order valence-corrected chi connectivity index (χ2v) is 6.68. The Morgan fingerprint density at radius 3 is 2.70 bits per heavy atom. The van der Waals surface area contributed by atoms with Gasteiger partial charge in [-0.15, -0.1) is 0 Å². The first kappa shape index (κ1) is 18.8. The maximum atomic E-state index is 12.7. The number of aliphatic hydroxyl groups is 1. The van der Waals surface area contributed by atoms with Crippen molar-refractivity contribution in [2.75, 3.05) is 5.32 Å². The number of anilines is 1. The third-order valence-corrected chi connectivity index (χ3v) is 4.69. The van der Waals surface area contributed by atoms with Crippen LogP contribution in [0, 0.1) is 10.1 Å². The van der Waals surface area contributed by atoms with Crippen LogP contribution in [0.4, 0.5) is 11.4 Å². The van der Waals surface area contributed by atoms with E-state index >= 15 is 0 Å². The molecule has 0 unspecified atom stereocenters. The van der Waals surface area contributed by atoms with Gasteiger partial charge in [-0.25, -0.2) is 0 Å². The molecule has 1 aromatic heterocycles. The fourth-order valence-corrected chi connectivity index (χ4v) is 3.18. The Labute approximate surface area is 156 Å². The standard InChI is InChI=1S/C19H22N4O4/c24-16-6-3-14(4-7-16)22-18-8-5-15(23(26)27)10-17(18)19(25)21-12-13-2-1-9-20-11-13/h1-2,5,8-11,14,16,22,24H,3-4,6-7,12H2,(H,21,25). The first-order valence-corrected chi connectivity index (χ1v) is 8.93. The Morgan fingerprint density at radius 1 is 1.26 bits per heavy atom. The highest BCUT2D eigenvalue weighted by Gasteiger charge is 2.22. The number of aromatic nitrogens is 1. The van der Waals surface area contributed by atoms with Gasteiger partial charge in [0.25, 0.3) is 11.6 Å². The number of non-ortho nitro benzene ring substituents is 1. The highest BCUT2D eigenvalue weighted by atomic mass is 16.6. The summed E-state index contributed by atoms with van der Waals surface area (Å²) >= 11 is 0. The molecule has 1 aliphatic carbocycles. The van der Waals surface area contributed by atoms with Gasteiger partial charge in [-0.05, 0) is 43.4 Å². The van der Waals surface area contributed by atoms with E-state index < -0.39 is 4.92 Å². The van der Waals surface area contributed by atoms with E-state index in [1.807, 2.05) is 6.07 Å². The van der Waals surface area contributed by atoms with Crippen LogP contribution in [0.15, 0.2) is 42.7 Å². The van der Waals surface area contributed by atoms with Crippen LogP contribution in [-0.2, 0) is 6.54 Å². The summed E-state index contributed by atoms with van der Waals surface area (Å²) in [5.41, 5.74) is 1.50. The molecule has 1 aromatic carbocycles. The quantitative estimate of drug-likeness (QED) is 0.531. The molecule has 2 aromatic rings. The van der Waals surface area contributed by atoms with Gasteiger partial charge in [0, 0.05) is 42.8 Å². The molecule has 0 aliphatic heterocycles. The minimum Gasteiger partial charge on any atom is -0.393 e. The molecule has 1 fully saturated rings. The maximum Gasteiger partial charge on any atom is 0.270 e. The lowest BCUT2D eigenvalue weighted by Gasteiger charge is -2.27. The Balaban J connectivity index is 1.76. The van der Waals surface area contributed by atoms with Crippen molar-refractivity contribution in [2.45, 2.75) is 44.4 Å². The SMILES string of the molecule is O=C(NCc1cccnc1)c1cc([N+](=O)[O-])ccc1NC1CCC(O)CC1. The maximum absolute atomic E-state index is 12.7. The Kier molecular flexibility index (Phi) is 5.97. The van der Waals surface area contributed by atoms with Crippen LogP contribution in [0.3, 0.4) is 0 Å². The van der Waals surface area contributed by atoms with Gasteiger partial charge in [-0.1, -0.05) is 6.07 Å². The van der Waals surface area contributed by atoms with Crippen LogP contribution in [0.25, 0.3) is 0 Å². The van der Waals surface area contributed by atoms with Gasteiger partial charge in [0.15, 0.2) is 0 Å². The molecule has 27 heavy (non-hydrogen) atoms. The summed E-state index contributed by atoms with van der Waals surface area (Å²) in [6.45, 7) is 0.282. The lowest BCUT2D eigenvalue weighted by molar-refractivity contribution is -0.384. The number of carbonyl (C=O) groups is 1. The van der Waals surface area contributed by atoms with Crippen LogP contribution >= 0.6 is 0 Å². The van der Waals surface area contributed by atoms with Crippen molar-refractivity contribution >= 4 is 17.3 Å². The third kappa shape index (κ3) is 5.01. The van der Waals surface area contributed by atoms with Gasteiger partial charge in [-0.3, -0.25) is 19.9 Å². The molecule has 0 atom stereocenters. The molecule has 1 aliphatic rings. The highest BCUT2D eigenvalue weighted by molar-refractivity contribution is 6.00. The van der Waals surface area contributed by atoms with E-state index in [1.54, 1.807) is 24.5 Å². The Bertz CT molecular complexity index is 805. The first-order chi connectivity index (χ1) is 13.0. The van der Waals surface area contributed by atoms with E-state index in [0.29, 0.717) is 18.5 Å². The predicted molar refractivity (Wildman–Crippen MR) is 100 cm³/mol. The molecule has 0 saturated heterocycles. The van der Waals surface area contributed by atoms with Crippen LogP contribution in [-0.4, -0.2) is 33.1 Å². The van der Waals surface area contributed by atoms with Gasteiger partial charge in [0.2, 0.25) is 0 Å². The Morgan fingerprint density at radius 2 is 2.04 bits per heavy atom. The number of rotatable bonds is 6. The third-order valence-electron chi connectivity index (χ3n) is 4.69. The second-order valence-electron chi connectivity index (χ2n) is 6.68. The molecule has 3 N–H and O–H groups in total. The van der Waals surface area contributed by atoms with Crippen molar-refractivity contribution in [2.24, 2.45) is 0 Å². The van der Waals surface area contributed by atoms with Crippen LogP contribution in [0.2, 0.25) is 0 Å². The number of nitro groups is 1. The van der Waals surface area contributed by atoms with Crippen LogP contribution in [0.1, 0.15) is 41.6 Å². The number of hydrogen-bond acceptors (Lipinski definition) is 6. The zero-order valence-electron chi connectivity index (χ0n) is 14.8. The topological polar surface area (TPSA) is 117 Å². The van der Waals surface area contributed by atoms with Gasteiger partial charge in [-0.2, -0.15) is 0 Å². The van der Waals surface area contributed by atoms with E-state index in [0.717, 1.165) is 18.4 Å². The highest BCUT2D eigenvalue weighted by Crippen LogP contribution is 2.27. The lowest BCUT2D eigenvalue weighted by Crippen LogP contribution is -2.30. The Hall–Kier alpha value is -3.00. The zero-order valence-corrected chi connectivity index (χ0v) is 14.8. The van der Waals surface area contributed by atoms with Crippen LogP contribution < -0.4 is 10.6 Å². The summed E-state index contributed by atoms with van der Waals surface area (Å²) in [5.74, 6) is -0.388. The molecular weight excluding hydrogens is 348 g/mol. The number of amides is 1. The normalized spacial score (nSPS) is 19.3. The van der Waals surface area contributed by atoms with E-state index in [2.05, 4.69) is 15.6 Å². The molecule has 0 radical (unpaired) electrons. The van der Waals surface area contributed by atoms with Gasteiger partial charge in [0.1, 0.15) is 0 Å². The summed E-state index contributed by atoms with van der Waals surface area (Å²) in [6.07, 6.45) is 6.00. The fraction of sp³-hybridized carbons (Fsp3) is 0.368. The molecule has 8 nitrogen and oxygen atoms in total. The molecule has 3 rings (SSSR count).